The van der Waals surface area contributed by atoms with Crippen LogP contribution in [0.2, 0.25) is 5.15 Å². The number of hydrogen-bond donors (Lipinski definition) is 0. The minimum Gasteiger partial charge on any atom is -0.341 e. The number of hydrogen-bond acceptors (Lipinski definition) is 4. The van der Waals surface area contributed by atoms with Gasteiger partial charge in [0, 0.05) is 18.5 Å². The van der Waals surface area contributed by atoms with Crippen molar-refractivity contribution in [2.75, 3.05) is 18.0 Å². The molecule has 5 heteroatoms. The molecule has 0 spiro atoms. The lowest BCUT2D eigenvalue weighted by Crippen LogP contribution is -2.24. The Bertz CT molecular complexity index is 465. The van der Waals surface area contributed by atoms with Gasteiger partial charge < -0.3 is 4.90 Å². The molecule has 0 aliphatic carbocycles. The second-order valence-electron chi connectivity index (χ2n) is 3.13. The molecular formula is C10H12ClN3S. The number of aromatic nitrogens is 2. The van der Waals surface area contributed by atoms with E-state index in [2.05, 4.69) is 28.7 Å². The monoisotopic (exact) mass is 241 g/mol. The first kappa shape index (κ1) is 10.6. The van der Waals surface area contributed by atoms with Crippen molar-refractivity contribution in [2.45, 2.75) is 13.8 Å². The Morgan fingerprint density at radius 3 is 2.73 bits per heavy atom. The van der Waals surface area contributed by atoms with Crippen molar-refractivity contribution in [1.29, 1.82) is 0 Å². The maximum Gasteiger partial charge on any atom is 0.228 e. The zero-order valence-electron chi connectivity index (χ0n) is 8.70. The smallest absolute Gasteiger partial charge is 0.228 e. The predicted octanol–water partition coefficient (Wildman–Crippen LogP) is 3.19. The van der Waals surface area contributed by atoms with Crippen LogP contribution in [0.25, 0.3) is 10.2 Å². The fraction of sp³-hybridized carbons (Fsp3) is 0.400. The maximum absolute atomic E-state index is 6.09. The number of nitrogens with zero attached hydrogens (tertiary/aromatic N) is 3. The first-order chi connectivity index (χ1) is 7.26. The van der Waals surface area contributed by atoms with E-state index >= 15 is 0 Å². The molecular weight excluding hydrogens is 230 g/mol. The second-order valence-corrected chi connectivity index (χ2v) is 4.38. The minimum absolute atomic E-state index is 0.545. The number of rotatable bonds is 3. The SMILES string of the molecule is CCN(CC)c1nc(Cl)c2ccsc2n1. The lowest BCUT2D eigenvalue weighted by atomic mass is 10.4. The van der Waals surface area contributed by atoms with Crippen molar-refractivity contribution in [3.8, 4) is 0 Å². The molecule has 0 atom stereocenters. The highest BCUT2D eigenvalue weighted by Crippen LogP contribution is 2.27. The molecule has 0 bridgehead atoms. The Balaban J connectivity index is 2.52. The van der Waals surface area contributed by atoms with Gasteiger partial charge in [0.25, 0.3) is 0 Å². The summed E-state index contributed by atoms with van der Waals surface area (Å²) in [5.41, 5.74) is 0. The summed E-state index contributed by atoms with van der Waals surface area (Å²) in [7, 11) is 0. The Hall–Kier alpha value is -0.870. The van der Waals surface area contributed by atoms with Crippen LogP contribution in [0.1, 0.15) is 13.8 Å². The number of halogens is 1. The van der Waals surface area contributed by atoms with Crippen molar-refractivity contribution in [2.24, 2.45) is 0 Å². The van der Waals surface area contributed by atoms with E-state index < -0.39 is 0 Å². The molecule has 0 aliphatic heterocycles. The number of fused-ring (bicyclic) bond motifs is 1. The molecule has 0 saturated heterocycles. The van der Waals surface area contributed by atoms with Gasteiger partial charge in [0.2, 0.25) is 5.95 Å². The molecule has 2 heterocycles. The molecule has 80 valence electrons. The largest absolute Gasteiger partial charge is 0.341 e. The fourth-order valence-electron chi connectivity index (χ4n) is 1.46. The van der Waals surface area contributed by atoms with Gasteiger partial charge in [-0.2, -0.15) is 0 Å². The van der Waals surface area contributed by atoms with E-state index in [0.717, 1.165) is 29.3 Å². The molecule has 2 aromatic rings. The van der Waals surface area contributed by atoms with Gasteiger partial charge in [0.15, 0.2) is 0 Å². The normalized spacial score (nSPS) is 10.9. The molecule has 2 rings (SSSR count). The minimum atomic E-state index is 0.545. The number of thiophene rings is 1. The van der Waals surface area contributed by atoms with Crippen LogP contribution in [0.15, 0.2) is 11.4 Å². The molecule has 0 saturated carbocycles. The van der Waals surface area contributed by atoms with E-state index in [1.165, 1.54) is 0 Å². The summed E-state index contributed by atoms with van der Waals surface area (Å²) in [4.78, 5) is 11.8. The van der Waals surface area contributed by atoms with Crippen LogP contribution >= 0.6 is 22.9 Å². The lowest BCUT2D eigenvalue weighted by molar-refractivity contribution is 0.827. The van der Waals surface area contributed by atoms with Gasteiger partial charge >= 0.3 is 0 Å². The van der Waals surface area contributed by atoms with Crippen molar-refractivity contribution in [3.05, 3.63) is 16.6 Å². The Kier molecular flexibility index (Phi) is 3.07. The first-order valence-corrected chi connectivity index (χ1v) is 6.17. The topological polar surface area (TPSA) is 29.0 Å². The Morgan fingerprint density at radius 1 is 1.33 bits per heavy atom. The summed E-state index contributed by atoms with van der Waals surface area (Å²) in [5, 5.41) is 3.47. The van der Waals surface area contributed by atoms with Crippen LogP contribution in [-0.2, 0) is 0 Å². The maximum atomic E-state index is 6.09. The highest BCUT2D eigenvalue weighted by Gasteiger charge is 2.10. The summed E-state index contributed by atoms with van der Waals surface area (Å²) in [6, 6.07) is 1.95. The van der Waals surface area contributed by atoms with Crippen LogP contribution in [0.3, 0.4) is 0 Å². The van der Waals surface area contributed by atoms with E-state index in [9.17, 15) is 0 Å². The summed E-state index contributed by atoms with van der Waals surface area (Å²) in [5.74, 6) is 0.722. The number of anilines is 1. The molecule has 0 fully saturated rings. The molecule has 0 amide bonds. The predicted molar refractivity (Wildman–Crippen MR) is 66.0 cm³/mol. The highest BCUT2D eigenvalue weighted by molar-refractivity contribution is 7.16. The van der Waals surface area contributed by atoms with Crippen molar-refractivity contribution in [1.82, 2.24) is 9.97 Å². The van der Waals surface area contributed by atoms with E-state index in [0.29, 0.717) is 5.15 Å². The quantitative estimate of drug-likeness (QED) is 0.773. The van der Waals surface area contributed by atoms with Crippen LogP contribution in [0.5, 0.6) is 0 Å². The third kappa shape index (κ3) is 1.92. The molecule has 0 aromatic carbocycles. The van der Waals surface area contributed by atoms with Gasteiger partial charge in [-0.05, 0) is 25.3 Å². The highest BCUT2D eigenvalue weighted by atomic mass is 35.5. The average Bonchev–Trinajstić information content (AvgIpc) is 2.68. The van der Waals surface area contributed by atoms with Crippen molar-refractivity contribution < 1.29 is 0 Å². The van der Waals surface area contributed by atoms with Crippen LogP contribution < -0.4 is 4.90 Å². The zero-order valence-corrected chi connectivity index (χ0v) is 10.3. The second kappa shape index (κ2) is 4.33. The van der Waals surface area contributed by atoms with Gasteiger partial charge in [-0.15, -0.1) is 11.3 Å². The zero-order chi connectivity index (χ0) is 10.8. The van der Waals surface area contributed by atoms with Crippen LogP contribution in [0.4, 0.5) is 5.95 Å². The third-order valence-corrected chi connectivity index (χ3v) is 3.41. The van der Waals surface area contributed by atoms with E-state index in [1.807, 2.05) is 11.4 Å². The van der Waals surface area contributed by atoms with E-state index in [1.54, 1.807) is 11.3 Å². The molecule has 0 N–H and O–H groups in total. The van der Waals surface area contributed by atoms with Crippen LogP contribution in [0, 0.1) is 0 Å². The Morgan fingerprint density at radius 2 is 2.07 bits per heavy atom. The van der Waals surface area contributed by atoms with Gasteiger partial charge in [-0.3, -0.25) is 0 Å². The first-order valence-electron chi connectivity index (χ1n) is 4.92. The molecule has 0 aliphatic rings. The average molecular weight is 242 g/mol. The third-order valence-electron chi connectivity index (χ3n) is 2.31. The van der Waals surface area contributed by atoms with E-state index in [4.69, 9.17) is 11.6 Å². The molecule has 0 radical (unpaired) electrons. The summed E-state index contributed by atoms with van der Waals surface area (Å²) in [6.07, 6.45) is 0. The molecule has 2 aromatic heterocycles. The van der Waals surface area contributed by atoms with Crippen LogP contribution in [-0.4, -0.2) is 23.1 Å². The van der Waals surface area contributed by atoms with Crippen molar-refractivity contribution in [3.63, 3.8) is 0 Å². The standard InChI is InChI=1S/C10H12ClN3S/c1-3-14(4-2)10-12-8(11)7-5-6-15-9(7)13-10/h5-6H,3-4H2,1-2H3. The molecule has 3 nitrogen and oxygen atoms in total. The van der Waals surface area contributed by atoms with Gasteiger partial charge in [0.1, 0.15) is 9.98 Å². The van der Waals surface area contributed by atoms with Gasteiger partial charge in [0.05, 0.1) is 0 Å². The molecule has 15 heavy (non-hydrogen) atoms. The van der Waals surface area contributed by atoms with Crippen molar-refractivity contribution >= 4 is 39.1 Å². The Labute approximate surface area is 97.7 Å². The van der Waals surface area contributed by atoms with Gasteiger partial charge in [-0.25, -0.2) is 9.97 Å². The summed E-state index contributed by atoms with van der Waals surface area (Å²) >= 11 is 7.68. The van der Waals surface area contributed by atoms with Gasteiger partial charge in [-0.1, -0.05) is 11.6 Å². The lowest BCUT2D eigenvalue weighted by Gasteiger charge is -2.18. The van der Waals surface area contributed by atoms with E-state index in [-0.39, 0.29) is 0 Å². The summed E-state index contributed by atoms with van der Waals surface area (Å²) < 4.78 is 0. The summed E-state index contributed by atoms with van der Waals surface area (Å²) in [6.45, 7) is 5.95. The molecule has 0 unspecified atom stereocenters. The fourth-order valence-corrected chi connectivity index (χ4v) is 2.50.